The number of alkyl halides is 1. The Labute approximate surface area is 135 Å². The van der Waals surface area contributed by atoms with Crippen LogP contribution in [0.4, 0.5) is 0 Å². The van der Waals surface area contributed by atoms with Crippen LogP contribution >= 0.6 is 11.6 Å². The van der Waals surface area contributed by atoms with Gasteiger partial charge in [0.15, 0.2) is 0 Å². The Morgan fingerprint density at radius 2 is 2.18 bits per heavy atom. The lowest BCUT2D eigenvalue weighted by atomic mass is 10.1. The molecule has 0 N–H and O–H groups in total. The first-order chi connectivity index (χ1) is 10.8. The number of hydrogen-bond donors (Lipinski definition) is 0. The van der Waals surface area contributed by atoms with Crippen molar-refractivity contribution in [1.29, 1.82) is 0 Å². The van der Waals surface area contributed by atoms with Crippen molar-refractivity contribution in [3.8, 4) is 5.69 Å². The van der Waals surface area contributed by atoms with Gasteiger partial charge in [0, 0.05) is 18.9 Å². The molecule has 4 nitrogen and oxygen atoms in total. The van der Waals surface area contributed by atoms with Crippen LogP contribution in [0.2, 0.25) is 0 Å². The van der Waals surface area contributed by atoms with Crippen molar-refractivity contribution in [2.75, 3.05) is 5.88 Å². The van der Waals surface area contributed by atoms with Crippen LogP contribution in [0.3, 0.4) is 0 Å². The van der Waals surface area contributed by atoms with Gasteiger partial charge in [0.2, 0.25) is 5.91 Å². The van der Waals surface area contributed by atoms with Crippen molar-refractivity contribution >= 4 is 17.5 Å². The van der Waals surface area contributed by atoms with E-state index in [-0.39, 0.29) is 17.8 Å². The minimum Gasteiger partial charge on any atom is -0.331 e. The summed E-state index contributed by atoms with van der Waals surface area (Å²) >= 11 is 5.76. The summed E-state index contributed by atoms with van der Waals surface area (Å²) in [5, 5.41) is 4.21. The van der Waals surface area contributed by atoms with E-state index in [2.05, 4.69) is 17.3 Å². The van der Waals surface area contributed by atoms with Crippen molar-refractivity contribution in [3.63, 3.8) is 0 Å². The number of rotatable bonds is 5. The van der Waals surface area contributed by atoms with Crippen LogP contribution < -0.4 is 0 Å². The van der Waals surface area contributed by atoms with Gasteiger partial charge in [0.1, 0.15) is 5.88 Å². The summed E-state index contributed by atoms with van der Waals surface area (Å²) in [6.07, 6.45) is 9.88. The third-order valence-electron chi connectivity index (χ3n) is 3.88. The highest BCUT2D eigenvalue weighted by Crippen LogP contribution is 2.20. The van der Waals surface area contributed by atoms with E-state index < -0.39 is 0 Å². The summed E-state index contributed by atoms with van der Waals surface area (Å²) in [7, 11) is 0. The minimum absolute atomic E-state index is 0.0191. The van der Waals surface area contributed by atoms with E-state index in [9.17, 15) is 4.79 Å². The minimum atomic E-state index is -0.0191. The van der Waals surface area contributed by atoms with Crippen LogP contribution in [0.25, 0.3) is 5.69 Å². The fourth-order valence-electron chi connectivity index (χ4n) is 2.72. The molecule has 0 aliphatic heterocycles. The number of hydrogen-bond acceptors (Lipinski definition) is 2. The molecule has 1 aliphatic carbocycles. The van der Waals surface area contributed by atoms with E-state index in [4.69, 9.17) is 11.6 Å². The van der Waals surface area contributed by atoms with Gasteiger partial charge in [-0.05, 0) is 36.6 Å². The van der Waals surface area contributed by atoms with Gasteiger partial charge in [-0.1, -0.05) is 24.3 Å². The predicted molar refractivity (Wildman–Crippen MR) is 87.0 cm³/mol. The van der Waals surface area contributed by atoms with Gasteiger partial charge < -0.3 is 4.90 Å². The van der Waals surface area contributed by atoms with Gasteiger partial charge in [0.25, 0.3) is 0 Å². The quantitative estimate of drug-likeness (QED) is 0.628. The summed E-state index contributed by atoms with van der Waals surface area (Å²) in [5.41, 5.74) is 2.10. The summed E-state index contributed by atoms with van der Waals surface area (Å²) in [6.45, 7) is 0.583. The molecule has 0 radical (unpaired) electrons. The lowest BCUT2D eigenvalue weighted by Gasteiger charge is -2.27. The highest BCUT2D eigenvalue weighted by molar-refractivity contribution is 6.27. The van der Waals surface area contributed by atoms with Crippen molar-refractivity contribution in [1.82, 2.24) is 14.7 Å². The molecule has 114 valence electrons. The standard InChI is InChI=1S/C17H18ClN3O/c18-12-17(22)20(15-4-1-2-5-15)13-14-6-8-16(9-7-14)21-11-3-10-19-21/h1,3-4,6-11,15H,2,5,12-13H2. The number of nitrogens with zero attached hydrogens (tertiary/aromatic N) is 3. The number of allylic oxidation sites excluding steroid dienone is 1. The van der Waals surface area contributed by atoms with Crippen LogP contribution in [-0.2, 0) is 11.3 Å². The molecule has 0 saturated heterocycles. The molecule has 0 bridgehead atoms. The van der Waals surface area contributed by atoms with E-state index >= 15 is 0 Å². The first-order valence-electron chi connectivity index (χ1n) is 7.39. The summed E-state index contributed by atoms with van der Waals surface area (Å²) in [5.74, 6) is 0.00442. The molecule has 0 spiro atoms. The van der Waals surface area contributed by atoms with Crippen LogP contribution in [-0.4, -0.2) is 32.5 Å². The normalized spacial score (nSPS) is 16.9. The van der Waals surface area contributed by atoms with E-state index in [1.54, 1.807) is 6.20 Å². The zero-order valence-corrected chi connectivity index (χ0v) is 13.0. The van der Waals surface area contributed by atoms with E-state index in [1.165, 1.54) is 0 Å². The van der Waals surface area contributed by atoms with Crippen LogP contribution in [0.1, 0.15) is 18.4 Å². The summed E-state index contributed by atoms with van der Waals surface area (Å²) < 4.78 is 1.81. The van der Waals surface area contributed by atoms with E-state index in [1.807, 2.05) is 46.1 Å². The number of aromatic nitrogens is 2. The number of benzene rings is 1. The predicted octanol–water partition coefficient (Wildman–Crippen LogP) is 3.16. The fourth-order valence-corrected chi connectivity index (χ4v) is 2.87. The van der Waals surface area contributed by atoms with Crippen LogP contribution in [0, 0.1) is 0 Å². The lowest BCUT2D eigenvalue weighted by molar-refractivity contribution is -0.130. The number of carbonyl (C=O) groups is 1. The molecule has 1 heterocycles. The van der Waals surface area contributed by atoms with Crippen molar-refractivity contribution < 1.29 is 4.79 Å². The summed E-state index contributed by atoms with van der Waals surface area (Å²) in [4.78, 5) is 14.0. The maximum absolute atomic E-state index is 12.1. The second-order valence-electron chi connectivity index (χ2n) is 5.35. The Bertz CT molecular complexity index is 649. The van der Waals surface area contributed by atoms with Crippen molar-refractivity contribution in [3.05, 3.63) is 60.4 Å². The van der Waals surface area contributed by atoms with Gasteiger partial charge in [-0.25, -0.2) is 4.68 Å². The maximum Gasteiger partial charge on any atom is 0.238 e. The van der Waals surface area contributed by atoms with E-state index in [0.29, 0.717) is 6.54 Å². The molecule has 2 aromatic rings. The second kappa shape index (κ2) is 6.79. The molecule has 1 aromatic heterocycles. The van der Waals surface area contributed by atoms with Crippen LogP contribution in [0.5, 0.6) is 0 Å². The van der Waals surface area contributed by atoms with Gasteiger partial charge in [0.05, 0.1) is 11.7 Å². The summed E-state index contributed by atoms with van der Waals surface area (Å²) in [6, 6.07) is 10.1. The molecule has 1 aromatic carbocycles. The van der Waals surface area contributed by atoms with Gasteiger partial charge in [-0.15, -0.1) is 11.6 Å². The number of amides is 1. The Balaban J connectivity index is 1.75. The molecule has 1 amide bonds. The molecule has 0 saturated carbocycles. The monoisotopic (exact) mass is 315 g/mol. The molecular weight excluding hydrogens is 298 g/mol. The van der Waals surface area contributed by atoms with Gasteiger partial charge in [-0.3, -0.25) is 4.79 Å². The third-order valence-corrected chi connectivity index (χ3v) is 4.11. The zero-order chi connectivity index (χ0) is 15.4. The molecule has 3 rings (SSSR count). The zero-order valence-electron chi connectivity index (χ0n) is 12.2. The largest absolute Gasteiger partial charge is 0.331 e. The smallest absolute Gasteiger partial charge is 0.238 e. The SMILES string of the molecule is O=C(CCl)N(Cc1ccc(-n2cccn2)cc1)C1C=CCC1. The molecule has 1 unspecified atom stereocenters. The number of halogens is 1. The van der Waals surface area contributed by atoms with Crippen molar-refractivity contribution in [2.24, 2.45) is 0 Å². The highest BCUT2D eigenvalue weighted by atomic mass is 35.5. The highest BCUT2D eigenvalue weighted by Gasteiger charge is 2.22. The lowest BCUT2D eigenvalue weighted by Crippen LogP contribution is -2.38. The molecule has 22 heavy (non-hydrogen) atoms. The Morgan fingerprint density at radius 1 is 1.36 bits per heavy atom. The third kappa shape index (κ3) is 3.22. The second-order valence-corrected chi connectivity index (χ2v) is 5.61. The Hall–Kier alpha value is -2.07. The average Bonchev–Trinajstić information content (AvgIpc) is 3.25. The fraction of sp³-hybridized carbons (Fsp3) is 0.294. The molecule has 0 fully saturated rings. The average molecular weight is 316 g/mol. The van der Waals surface area contributed by atoms with Gasteiger partial charge >= 0.3 is 0 Å². The topological polar surface area (TPSA) is 38.1 Å². The molecule has 1 aliphatic rings. The first kappa shape index (κ1) is 14.9. The Kier molecular flexibility index (Phi) is 4.59. The molecule has 5 heteroatoms. The van der Waals surface area contributed by atoms with Crippen LogP contribution in [0.15, 0.2) is 54.9 Å². The molecule has 1 atom stereocenters. The molecular formula is C17H18ClN3O. The first-order valence-corrected chi connectivity index (χ1v) is 7.92. The Morgan fingerprint density at radius 3 is 2.77 bits per heavy atom. The maximum atomic E-state index is 12.1. The van der Waals surface area contributed by atoms with E-state index in [0.717, 1.165) is 24.1 Å². The van der Waals surface area contributed by atoms with Gasteiger partial charge in [-0.2, -0.15) is 5.10 Å². The number of carbonyl (C=O) groups excluding carboxylic acids is 1. The van der Waals surface area contributed by atoms with Crippen molar-refractivity contribution in [2.45, 2.75) is 25.4 Å².